The zero-order valence-electron chi connectivity index (χ0n) is 18.3. The van der Waals surface area contributed by atoms with E-state index in [2.05, 4.69) is 10.3 Å². The summed E-state index contributed by atoms with van der Waals surface area (Å²) >= 11 is 1.23. The molecule has 0 saturated heterocycles. The fraction of sp³-hybridized carbons (Fsp3) is 0.333. The number of thioether (sulfide) groups is 1. The highest BCUT2D eigenvalue weighted by Crippen LogP contribution is 2.19. The van der Waals surface area contributed by atoms with Crippen LogP contribution in [0.2, 0.25) is 0 Å². The summed E-state index contributed by atoms with van der Waals surface area (Å²) in [6.07, 6.45) is 0.783. The summed E-state index contributed by atoms with van der Waals surface area (Å²) in [5, 5.41) is 3.84. The number of nitrogens with one attached hydrogen (secondary N) is 1. The lowest BCUT2D eigenvalue weighted by Gasteiger charge is -2.13. The fourth-order valence-electron chi connectivity index (χ4n) is 3.15. The number of aryl methyl sites for hydroxylation is 1. The van der Waals surface area contributed by atoms with Gasteiger partial charge in [-0.25, -0.2) is 4.98 Å². The van der Waals surface area contributed by atoms with Crippen molar-refractivity contribution in [3.05, 3.63) is 70.0 Å². The highest BCUT2D eigenvalue weighted by molar-refractivity contribution is 7.99. The molecule has 8 heteroatoms. The zero-order chi connectivity index (χ0) is 22.9. The molecule has 3 aromatic rings. The Morgan fingerprint density at radius 3 is 2.62 bits per heavy atom. The van der Waals surface area contributed by atoms with Crippen LogP contribution < -0.4 is 10.9 Å². The van der Waals surface area contributed by atoms with Crippen LogP contribution in [0.4, 0.5) is 0 Å². The molecule has 2 aromatic carbocycles. The van der Waals surface area contributed by atoms with Crippen LogP contribution in [0.3, 0.4) is 0 Å². The van der Waals surface area contributed by atoms with E-state index in [1.165, 1.54) is 11.8 Å². The van der Waals surface area contributed by atoms with Crippen LogP contribution >= 0.6 is 11.8 Å². The Labute approximate surface area is 191 Å². The molecule has 0 bridgehead atoms. The van der Waals surface area contributed by atoms with Crippen LogP contribution in [0.5, 0.6) is 0 Å². The molecule has 32 heavy (non-hydrogen) atoms. The highest BCUT2D eigenvalue weighted by Gasteiger charge is 2.14. The van der Waals surface area contributed by atoms with Gasteiger partial charge in [0.2, 0.25) is 5.91 Å². The van der Waals surface area contributed by atoms with Crippen LogP contribution in [0.1, 0.15) is 30.9 Å². The topological polar surface area (TPSA) is 90.3 Å². The average Bonchev–Trinajstić information content (AvgIpc) is 2.79. The van der Waals surface area contributed by atoms with Gasteiger partial charge in [-0.15, -0.1) is 0 Å². The lowest BCUT2D eigenvalue weighted by Crippen LogP contribution is -2.28. The van der Waals surface area contributed by atoms with Crippen molar-refractivity contribution >= 4 is 34.5 Å². The first-order valence-electron chi connectivity index (χ1n) is 10.6. The van der Waals surface area contributed by atoms with Gasteiger partial charge < -0.3 is 10.1 Å². The first-order chi connectivity index (χ1) is 15.5. The first-order valence-corrected chi connectivity index (χ1v) is 11.6. The number of carbonyl (C=O) groups is 2. The maximum absolute atomic E-state index is 13.2. The van der Waals surface area contributed by atoms with E-state index in [9.17, 15) is 14.4 Å². The normalized spacial score (nSPS) is 10.8. The number of amides is 1. The SMILES string of the molecule is CCOC(=O)CCCNC(=O)CSc1nc2ccccc2c(=O)n1Cc1ccc(C)cc1. The van der Waals surface area contributed by atoms with Crippen molar-refractivity contribution in [3.63, 3.8) is 0 Å². The Kier molecular flexibility index (Phi) is 8.44. The minimum atomic E-state index is -0.267. The van der Waals surface area contributed by atoms with Gasteiger partial charge in [0.1, 0.15) is 0 Å². The summed E-state index contributed by atoms with van der Waals surface area (Å²) < 4.78 is 6.49. The number of carbonyl (C=O) groups excluding carboxylic acids is 2. The van der Waals surface area contributed by atoms with Gasteiger partial charge in [-0.2, -0.15) is 0 Å². The molecule has 0 aliphatic rings. The van der Waals surface area contributed by atoms with Crippen molar-refractivity contribution in [2.45, 2.75) is 38.4 Å². The molecular weight excluding hydrogens is 426 g/mol. The molecule has 1 amide bonds. The van der Waals surface area contributed by atoms with Gasteiger partial charge in [-0.3, -0.25) is 19.0 Å². The maximum Gasteiger partial charge on any atom is 0.305 e. The maximum atomic E-state index is 13.2. The summed E-state index contributed by atoms with van der Waals surface area (Å²) in [4.78, 5) is 41.4. The standard InChI is InChI=1S/C24H27N3O4S/c1-3-31-22(29)9-6-14-25-21(28)16-32-24-26-20-8-5-4-7-19(20)23(30)27(24)15-18-12-10-17(2)11-13-18/h4-5,7-8,10-13H,3,6,9,14-16H2,1-2H3,(H,25,28). The van der Waals surface area contributed by atoms with Crippen molar-refractivity contribution in [1.29, 1.82) is 0 Å². The number of rotatable bonds is 10. The summed E-state index contributed by atoms with van der Waals surface area (Å²) in [6.45, 7) is 4.89. The third kappa shape index (κ3) is 6.43. The summed E-state index contributed by atoms with van der Waals surface area (Å²) in [5.74, 6) is -0.322. The molecule has 1 aromatic heterocycles. The number of hydrogen-bond acceptors (Lipinski definition) is 6. The number of fused-ring (bicyclic) bond motifs is 1. The molecule has 3 rings (SSSR count). The number of esters is 1. The molecule has 1 N–H and O–H groups in total. The number of aromatic nitrogens is 2. The van der Waals surface area contributed by atoms with E-state index in [4.69, 9.17) is 4.74 Å². The minimum absolute atomic E-state index is 0.123. The summed E-state index contributed by atoms with van der Waals surface area (Å²) in [7, 11) is 0. The second kappa shape index (κ2) is 11.5. The second-order valence-electron chi connectivity index (χ2n) is 7.34. The Bertz CT molecular complexity index is 1140. The molecule has 1 heterocycles. The quantitative estimate of drug-likeness (QED) is 0.219. The largest absolute Gasteiger partial charge is 0.466 e. The Morgan fingerprint density at radius 1 is 1.12 bits per heavy atom. The van der Waals surface area contributed by atoms with E-state index in [0.717, 1.165) is 11.1 Å². The van der Waals surface area contributed by atoms with Crippen LogP contribution in [0.25, 0.3) is 10.9 Å². The molecule has 7 nitrogen and oxygen atoms in total. The molecule has 0 atom stereocenters. The number of nitrogens with zero attached hydrogens (tertiary/aromatic N) is 2. The monoisotopic (exact) mass is 453 g/mol. The minimum Gasteiger partial charge on any atom is -0.466 e. The van der Waals surface area contributed by atoms with Crippen molar-refractivity contribution in [1.82, 2.24) is 14.9 Å². The molecule has 0 aliphatic heterocycles. The van der Waals surface area contributed by atoms with Crippen molar-refractivity contribution in [2.24, 2.45) is 0 Å². The van der Waals surface area contributed by atoms with Gasteiger partial charge in [0.05, 0.1) is 29.8 Å². The number of hydrogen-bond donors (Lipinski definition) is 1. The Hall–Kier alpha value is -3.13. The number of benzene rings is 2. The molecule has 0 fully saturated rings. The lowest BCUT2D eigenvalue weighted by atomic mass is 10.1. The zero-order valence-corrected chi connectivity index (χ0v) is 19.1. The van der Waals surface area contributed by atoms with Crippen LogP contribution in [-0.4, -0.2) is 40.3 Å². The van der Waals surface area contributed by atoms with Crippen LogP contribution in [0, 0.1) is 6.92 Å². The van der Waals surface area contributed by atoms with Gasteiger partial charge in [0.25, 0.3) is 5.56 Å². The van der Waals surface area contributed by atoms with E-state index >= 15 is 0 Å². The summed E-state index contributed by atoms with van der Waals surface area (Å²) in [6, 6.07) is 15.2. The second-order valence-corrected chi connectivity index (χ2v) is 8.28. The van der Waals surface area contributed by atoms with Crippen LogP contribution in [-0.2, 0) is 20.9 Å². The molecule has 0 unspecified atom stereocenters. The van der Waals surface area contributed by atoms with Crippen LogP contribution in [0.15, 0.2) is 58.5 Å². The Morgan fingerprint density at radius 2 is 1.88 bits per heavy atom. The first kappa shape index (κ1) is 23.5. The number of ether oxygens (including phenoxy) is 1. The van der Waals surface area contributed by atoms with E-state index in [1.54, 1.807) is 23.6 Å². The molecule has 0 aliphatic carbocycles. The van der Waals surface area contributed by atoms with Crippen molar-refractivity contribution in [3.8, 4) is 0 Å². The fourth-order valence-corrected chi connectivity index (χ4v) is 3.98. The highest BCUT2D eigenvalue weighted by atomic mass is 32.2. The molecular formula is C24H27N3O4S. The third-order valence-corrected chi connectivity index (χ3v) is 5.78. The van der Waals surface area contributed by atoms with Gasteiger partial charge in [-0.05, 0) is 38.0 Å². The van der Waals surface area contributed by atoms with Gasteiger partial charge in [-0.1, -0.05) is 53.7 Å². The van der Waals surface area contributed by atoms with E-state index in [1.807, 2.05) is 43.3 Å². The molecule has 0 spiro atoms. The van der Waals surface area contributed by atoms with Crippen molar-refractivity contribution in [2.75, 3.05) is 18.9 Å². The van der Waals surface area contributed by atoms with Gasteiger partial charge >= 0.3 is 5.97 Å². The molecule has 0 saturated carbocycles. The van der Waals surface area contributed by atoms with Gasteiger partial charge in [0, 0.05) is 13.0 Å². The van der Waals surface area contributed by atoms with E-state index in [-0.39, 0.29) is 29.6 Å². The van der Waals surface area contributed by atoms with Gasteiger partial charge in [0.15, 0.2) is 5.16 Å². The number of para-hydroxylation sites is 1. The lowest BCUT2D eigenvalue weighted by molar-refractivity contribution is -0.143. The van der Waals surface area contributed by atoms with E-state index < -0.39 is 0 Å². The molecule has 168 valence electrons. The van der Waals surface area contributed by atoms with E-state index in [0.29, 0.717) is 42.2 Å². The third-order valence-electron chi connectivity index (χ3n) is 4.81. The molecule has 0 radical (unpaired) electrons. The summed E-state index contributed by atoms with van der Waals surface area (Å²) in [5.41, 5.74) is 2.61. The predicted molar refractivity (Wildman–Crippen MR) is 126 cm³/mol. The average molecular weight is 454 g/mol. The van der Waals surface area contributed by atoms with Crippen molar-refractivity contribution < 1.29 is 14.3 Å². The smallest absolute Gasteiger partial charge is 0.305 e. The Balaban J connectivity index is 1.70. The predicted octanol–water partition coefficient (Wildman–Crippen LogP) is 3.30.